The van der Waals surface area contributed by atoms with Gasteiger partial charge in [0.2, 0.25) is 0 Å². The molecule has 112 valence electrons. The summed E-state index contributed by atoms with van der Waals surface area (Å²) in [5.74, 6) is 2.19. The lowest BCUT2D eigenvalue weighted by Crippen LogP contribution is -2.51. The molecule has 2 rings (SSSR count). The Morgan fingerprint density at radius 1 is 1.00 bits per heavy atom. The molecule has 2 aliphatic rings. The molecule has 0 saturated carbocycles. The van der Waals surface area contributed by atoms with Crippen molar-refractivity contribution in [3.8, 4) is 0 Å². The molecule has 0 bridgehead atoms. The van der Waals surface area contributed by atoms with Crippen LogP contribution in [0.15, 0.2) is 0 Å². The summed E-state index contributed by atoms with van der Waals surface area (Å²) in [6.07, 6.45) is 2.75. The summed E-state index contributed by atoms with van der Waals surface area (Å²) in [6, 6.07) is 0. The van der Waals surface area contributed by atoms with E-state index >= 15 is 0 Å². The van der Waals surface area contributed by atoms with Gasteiger partial charge in [0.15, 0.2) is 0 Å². The molecule has 0 aromatic carbocycles. The van der Waals surface area contributed by atoms with Crippen molar-refractivity contribution in [3.63, 3.8) is 0 Å². The Balaban J connectivity index is 1.99. The molecule has 2 saturated heterocycles. The third kappa shape index (κ3) is 3.43. The fourth-order valence-corrected chi connectivity index (χ4v) is 4.96. The molecular formula is C13H25ClN2O2S. The Bertz CT molecular complexity index is 393. The van der Waals surface area contributed by atoms with E-state index in [-0.39, 0.29) is 0 Å². The summed E-state index contributed by atoms with van der Waals surface area (Å²) in [5, 5.41) is 0. The third-order valence-electron chi connectivity index (χ3n) is 4.74. The minimum Gasteiger partial charge on any atom is -0.195 e. The van der Waals surface area contributed by atoms with Gasteiger partial charge in [-0.1, -0.05) is 13.8 Å². The summed E-state index contributed by atoms with van der Waals surface area (Å²) in [5.41, 5.74) is 0. The van der Waals surface area contributed by atoms with E-state index in [1.807, 2.05) is 0 Å². The number of nitrogens with zero attached hydrogens (tertiary/aromatic N) is 2. The summed E-state index contributed by atoms with van der Waals surface area (Å²) < 4.78 is 28.5. The number of piperidine rings is 2. The number of hydrogen-bond acceptors (Lipinski definition) is 2. The Morgan fingerprint density at radius 3 is 2.11 bits per heavy atom. The summed E-state index contributed by atoms with van der Waals surface area (Å²) in [7, 11) is -3.25. The number of halogens is 1. The number of alkyl halides is 1. The van der Waals surface area contributed by atoms with Crippen LogP contribution in [0.1, 0.15) is 33.1 Å². The molecule has 0 radical (unpaired) electrons. The standard InChI is InChI=1S/C13H25ClN2O2S/c1-11-3-6-16(10-12(11)2)19(17,18)15-7-4-13(9-14)5-8-15/h11-13H,3-10H2,1-2H3. The molecule has 0 amide bonds. The Kier molecular flexibility index (Phi) is 5.15. The predicted molar refractivity (Wildman–Crippen MR) is 78.5 cm³/mol. The van der Waals surface area contributed by atoms with Crippen LogP contribution >= 0.6 is 11.6 Å². The van der Waals surface area contributed by atoms with E-state index in [2.05, 4.69) is 13.8 Å². The molecule has 2 atom stereocenters. The average Bonchev–Trinajstić information content (AvgIpc) is 2.41. The Hall–Kier alpha value is 0.160. The van der Waals surface area contributed by atoms with Crippen LogP contribution in [0, 0.1) is 17.8 Å². The first-order chi connectivity index (χ1) is 8.95. The maximum absolute atomic E-state index is 12.6. The van der Waals surface area contributed by atoms with Crippen molar-refractivity contribution < 1.29 is 8.42 Å². The summed E-state index contributed by atoms with van der Waals surface area (Å²) in [6.45, 7) is 6.94. The van der Waals surface area contributed by atoms with Gasteiger partial charge < -0.3 is 0 Å². The van der Waals surface area contributed by atoms with Crippen molar-refractivity contribution in [3.05, 3.63) is 0 Å². The minimum absolute atomic E-state index is 0.448. The van der Waals surface area contributed by atoms with Crippen LogP contribution in [0.3, 0.4) is 0 Å². The van der Waals surface area contributed by atoms with Crippen molar-refractivity contribution in [1.29, 1.82) is 0 Å². The lowest BCUT2D eigenvalue weighted by Gasteiger charge is -2.39. The first-order valence-electron chi connectivity index (χ1n) is 7.26. The molecule has 0 N–H and O–H groups in total. The van der Waals surface area contributed by atoms with Gasteiger partial charge in [-0.05, 0) is 37.0 Å². The zero-order valence-corrected chi connectivity index (χ0v) is 13.5. The highest BCUT2D eigenvalue weighted by Gasteiger charge is 2.36. The van der Waals surface area contributed by atoms with E-state index in [1.165, 1.54) is 0 Å². The Morgan fingerprint density at radius 2 is 1.58 bits per heavy atom. The third-order valence-corrected chi connectivity index (χ3v) is 7.18. The van der Waals surface area contributed by atoms with E-state index in [9.17, 15) is 8.42 Å². The zero-order valence-electron chi connectivity index (χ0n) is 11.9. The second kappa shape index (κ2) is 6.29. The molecule has 0 aliphatic carbocycles. The largest absolute Gasteiger partial charge is 0.281 e. The highest BCUT2D eigenvalue weighted by Crippen LogP contribution is 2.28. The van der Waals surface area contributed by atoms with Crippen molar-refractivity contribution in [2.75, 3.05) is 32.1 Å². The second-order valence-corrected chi connectivity index (χ2v) is 8.34. The zero-order chi connectivity index (χ0) is 14.0. The molecule has 0 spiro atoms. The van der Waals surface area contributed by atoms with Crippen LogP contribution in [0.2, 0.25) is 0 Å². The van der Waals surface area contributed by atoms with Gasteiger partial charge in [-0.2, -0.15) is 17.0 Å². The van der Waals surface area contributed by atoms with E-state index in [0.29, 0.717) is 49.8 Å². The fraction of sp³-hybridized carbons (Fsp3) is 1.00. The van der Waals surface area contributed by atoms with Crippen molar-refractivity contribution in [2.45, 2.75) is 33.1 Å². The quantitative estimate of drug-likeness (QED) is 0.750. The molecule has 6 heteroatoms. The molecule has 0 aromatic rings. The van der Waals surface area contributed by atoms with Crippen LogP contribution < -0.4 is 0 Å². The second-order valence-electron chi connectivity index (χ2n) is 6.11. The molecule has 4 nitrogen and oxygen atoms in total. The Labute approximate surface area is 122 Å². The molecule has 2 unspecified atom stereocenters. The fourth-order valence-electron chi connectivity index (χ4n) is 2.89. The van der Waals surface area contributed by atoms with Gasteiger partial charge in [-0.15, -0.1) is 11.6 Å². The first kappa shape index (κ1) is 15.5. The van der Waals surface area contributed by atoms with Crippen LogP contribution in [0.4, 0.5) is 0 Å². The van der Waals surface area contributed by atoms with E-state index in [4.69, 9.17) is 11.6 Å². The van der Waals surface area contributed by atoms with Crippen LogP contribution in [-0.4, -0.2) is 49.1 Å². The van der Waals surface area contributed by atoms with Crippen molar-refractivity contribution in [2.24, 2.45) is 17.8 Å². The van der Waals surface area contributed by atoms with Crippen LogP contribution in [-0.2, 0) is 10.2 Å². The lowest BCUT2D eigenvalue weighted by molar-refractivity contribution is 0.192. The molecule has 2 aliphatic heterocycles. The molecular weight excluding hydrogens is 284 g/mol. The number of rotatable bonds is 3. The first-order valence-corrected chi connectivity index (χ1v) is 9.19. The average molecular weight is 309 g/mol. The SMILES string of the molecule is CC1CCN(S(=O)(=O)N2CCC(CCl)CC2)CC1C. The smallest absolute Gasteiger partial charge is 0.195 e. The highest BCUT2D eigenvalue weighted by molar-refractivity contribution is 7.86. The maximum atomic E-state index is 12.6. The molecule has 2 heterocycles. The van der Waals surface area contributed by atoms with E-state index in [0.717, 1.165) is 19.3 Å². The van der Waals surface area contributed by atoms with E-state index in [1.54, 1.807) is 8.61 Å². The summed E-state index contributed by atoms with van der Waals surface area (Å²) in [4.78, 5) is 0. The van der Waals surface area contributed by atoms with Gasteiger partial charge in [0.05, 0.1) is 0 Å². The van der Waals surface area contributed by atoms with Crippen LogP contribution in [0.5, 0.6) is 0 Å². The van der Waals surface area contributed by atoms with Gasteiger partial charge in [0.25, 0.3) is 10.2 Å². The minimum atomic E-state index is -3.25. The van der Waals surface area contributed by atoms with Gasteiger partial charge in [-0.25, -0.2) is 0 Å². The highest BCUT2D eigenvalue weighted by atomic mass is 35.5. The van der Waals surface area contributed by atoms with Gasteiger partial charge in [0.1, 0.15) is 0 Å². The van der Waals surface area contributed by atoms with E-state index < -0.39 is 10.2 Å². The van der Waals surface area contributed by atoms with Gasteiger partial charge in [-0.3, -0.25) is 0 Å². The predicted octanol–water partition coefficient (Wildman–Crippen LogP) is 2.16. The number of hydrogen-bond donors (Lipinski definition) is 0. The van der Waals surface area contributed by atoms with Crippen molar-refractivity contribution in [1.82, 2.24) is 8.61 Å². The molecule has 19 heavy (non-hydrogen) atoms. The van der Waals surface area contributed by atoms with Gasteiger partial charge >= 0.3 is 0 Å². The normalized spacial score (nSPS) is 32.6. The van der Waals surface area contributed by atoms with Crippen LogP contribution in [0.25, 0.3) is 0 Å². The summed E-state index contributed by atoms with van der Waals surface area (Å²) >= 11 is 5.85. The van der Waals surface area contributed by atoms with Crippen molar-refractivity contribution >= 4 is 21.8 Å². The topological polar surface area (TPSA) is 40.6 Å². The maximum Gasteiger partial charge on any atom is 0.281 e. The molecule has 0 aromatic heterocycles. The monoisotopic (exact) mass is 308 g/mol. The van der Waals surface area contributed by atoms with Gasteiger partial charge in [0, 0.05) is 32.1 Å². The molecule has 2 fully saturated rings. The lowest BCUT2D eigenvalue weighted by atomic mass is 9.90.